The lowest BCUT2D eigenvalue weighted by Gasteiger charge is -2.21. The Hall–Kier alpha value is -1.15. The summed E-state index contributed by atoms with van der Waals surface area (Å²) < 4.78 is 11.8. The lowest BCUT2D eigenvalue weighted by Crippen LogP contribution is -2.27. The van der Waals surface area contributed by atoms with Crippen LogP contribution in [0.5, 0.6) is 0 Å². The van der Waals surface area contributed by atoms with Crippen molar-refractivity contribution in [2.75, 3.05) is 37.5 Å². The number of nitrogens with one attached hydrogen (secondary N) is 1. The molecule has 2 heterocycles. The molecular formula is C14H18BrN3O3. The standard InChI is InChI=1S/C14H18BrN3O3/c1-20-11-5-18(6-12(11)21-2)10-4-9-7(3-8(10)15)13(16)14(19)17-9/h3-4,11-13H,5-6,16H2,1-2H3,(H,17,19). The highest BCUT2D eigenvalue weighted by Gasteiger charge is 2.35. The van der Waals surface area contributed by atoms with E-state index in [-0.39, 0.29) is 18.1 Å². The van der Waals surface area contributed by atoms with Crippen molar-refractivity contribution in [3.63, 3.8) is 0 Å². The van der Waals surface area contributed by atoms with Crippen LogP contribution in [-0.4, -0.2) is 45.4 Å². The second-order valence-electron chi connectivity index (χ2n) is 5.31. The first-order chi connectivity index (χ1) is 10.0. The zero-order valence-corrected chi connectivity index (χ0v) is 13.5. The third kappa shape index (κ3) is 2.44. The minimum atomic E-state index is -0.595. The quantitative estimate of drug-likeness (QED) is 0.853. The summed E-state index contributed by atoms with van der Waals surface area (Å²) in [7, 11) is 3.38. The first-order valence-electron chi connectivity index (χ1n) is 6.75. The van der Waals surface area contributed by atoms with E-state index in [4.69, 9.17) is 15.2 Å². The highest BCUT2D eigenvalue weighted by atomic mass is 79.9. The van der Waals surface area contributed by atoms with Gasteiger partial charge in [0.25, 0.3) is 0 Å². The Balaban J connectivity index is 1.91. The average Bonchev–Trinajstić information content (AvgIpc) is 3.01. The van der Waals surface area contributed by atoms with E-state index < -0.39 is 6.04 Å². The number of halogens is 1. The predicted molar refractivity (Wildman–Crippen MR) is 83.5 cm³/mol. The molecule has 3 unspecified atom stereocenters. The molecule has 0 spiro atoms. The van der Waals surface area contributed by atoms with Crippen molar-refractivity contribution in [1.29, 1.82) is 0 Å². The van der Waals surface area contributed by atoms with Crippen LogP contribution in [0.1, 0.15) is 11.6 Å². The molecule has 114 valence electrons. The Labute approximate surface area is 131 Å². The van der Waals surface area contributed by atoms with Crippen LogP contribution in [0.25, 0.3) is 0 Å². The molecule has 1 amide bonds. The molecule has 6 nitrogen and oxygen atoms in total. The molecule has 1 fully saturated rings. The molecule has 3 N–H and O–H groups in total. The molecule has 1 aromatic rings. The van der Waals surface area contributed by atoms with Gasteiger partial charge in [0.05, 0.1) is 5.69 Å². The van der Waals surface area contributed by atoms with Gasteiger partial charge in [-0.2, -0.15) is 0 Å². The molecule has 0 saturated carbocycles. The molecule has 0 aromatic heterocycles. The van der Waals surface area contributed by atoms with Crippen molar-refractivity contribution in [2.24, 2.45) is 5.73 Å². The number of benzene rings is 1. The Morgan fingerprint density at radius 1 is 1.29 bits per heavy atom. The first-order valence-corrected chi connectivity index (χ1v) is 7.55. The maximum atomic E-state index is 11.7. The highest BCUT2D eigenvalue weighted by molar-refractivity contribution is 9.10. The molecule has 1 aromatic carbocycles. The van der Waals surface area contributed by atoms with Crippen molar-refractivity contribution >= 4 is 33.2 Å². The summed E-state index contributed by atoms with van der Waals surface area (Å²) in [5, 5.41) is 2.81. The van der Waals surface area contributed by atoms with E-state index in [1.165, 1.54) is 0 Å². The van der Waals surface area contributed by atoms with Crippen molar-refractivity contribution in [3.8, 4) is 0 Å². The van der Waals surface area contributed by atoms with Crippen LogP contribution >= 0.6 is 15.9 Å². The van der Waals surface area contributed by atoms with Gasteiger partial charge < -0.3 is 25.4 Å². The van der Waals surface area contributed by atoms with Crippen molar-refractivity contribution in [3.05, 3.63) is 22.2 Å². The molecule has 1 saturated heterocycles. The fourth-order valence-corrected chi connectivity index (χ4v) is 3.54. The van der Waals surface area contributed by atoms with Gasteiger partial charge in [-0.3, -0.25) is 4.79 Å². The lowest BCUT2D eigenvalue weighted by atomic mass is 10.1. The number of fused-ring (bicyclic) bond motifs is 1. The van der Waals surface area contributed by atoms with Crippen LogP contribution in [0.4, 0.5) is 11.4 Å². The molecule has 2 aliphatic rings. The third-order valence-electron chi connectivity index (χ3n) is 4.16. The zero-order valence-electron chi connectivity index (χ0n) is 11.9. The first kappa shape index (κ1) is 14.8. The van der Waals surface area contributed by atoms with Crippen LogP contribution in [0.15, 0.2) is 16.6 Å². The number of ether oxygens (including phenoxy) is 2. The number of hydrogen-bond donors (Lipinski definition) is 2. The molecule has 7 heteroatoms. The van der Waals surface area contributed by atoms with Crippen molar-refractivity contribution in [1.82, 2.24) is 0 Å². The smallest absolute Gasteiger partial charge is 0.245 e. The van der Waals surface area contributed by atoms with Gasteiger partial charge in [-0.05, 0) is 28.1 Å². The SMILES string of the molecule is COC1CN(c2cc3c(cc2Br)C(N)C(=O)N3)CC1OC. The average molecular weight is 356 g/mol. The number of nitrogens with two attached hydrogens (primary N) is 1. The number of rotatable bonds is 3. The Morgan fingerprint density at radius 2 is 1.90 bits per heavy atom. The van der Waals surface area contributed by atoms with Gasteiger partial charge in [-0.1, -0.05) is 0 Å². The fraction of sp³-hybridized carbons (Fsp3) is 0.500. The second-order valence-corrected chi connectivity index (χ2v) is 6.17. The summed E-state index contributed by atoms with van der Waals surface area (Å²) in [5.74, 6) is -0.167. The third-order valence-corrected chi connectivity index (χ3v) is 4.79. The van der Waals surface area contributed by atoms with Gasteiger partial charge in [0.2, 0.25) is 5.91 Å². The van der Waals surface area contributed by atoms with E-state index in [2.05, 4.69) is 26.1 Å². The van der Waals surface area contributed by atoms with E-state index in [0.717, 1.165) is 34.5 Å². The van der Waals surface area contributed by atoms with E-state index in [0.29, 0.717) is 0 Å². The number of nitrogens with zero attached hydrogens (tertiary/aromatic N) is 1. The molecule has 21 heavy (non-hydrogen) atoms. The Kier molecular flexibility index (Phi) is 3.92. The summed E-state index contributed by atoms with van der Waals surface area (Å²) in [6.45, 7) is 1.48. The monoisotopic (exact) mass is 355 g/mol. The zero-order chi connectivity index (χ0) is 15.1. The topological polar surface area (TPSA) is 76.8 Å². The largest absolute Gasteiger partial charge is 0.377 e. The summed E-state index contributed by atoms with van der Waals surface area (Å²) in [5.41, 5.74) is 8.47. The molecule has 3 atom stereocenters. The van der Waals surface area contributed by atoms with Crippen LogP contribution in [0.3, 0.4) is 0 Å². The number of anilines is 2. The number of carbonyl (C=O) groups excluding carboxylic acids is 1. The van der Waals surface area contributed by atoms with E-state index >= 15 is 0 Å². The highest BCUT2D eigenvalue weighted by Crippen LogP contribution is 2.39. The summed E-state index contributed by atoms with van der Waals surface area (Å²) in [6.07, 6.45) is 0.0685. The van der Waals surface area contributed by atoms with E-state index in [9.17, 15) is 4.79 Å². The number of amides is 1. The number of hydrogen-bond acceptors (Lipinski definition) is 5. The lowest BCUT2D eigenvalue weighted by molar-refractivity contribution is -0.116. The maximum absolute atomic E-state index is 11.7. The molecular weight excluding hydrogens is 338 g/mol. The maximum Gasteiger partial charge on any atom is 0.245 e. The van der Waals surface area contributed by atoms with Crippen molar-refractivity contribution in [2.45, 2.75) is 18.2 Å². The summed E-state index contributed by atoms with van der Waals surface area (Å²) in [6, 6.07) is 3.27. The van der Waals surface area contributed by atoms with Crippen LogP contribution in [0.2, 0.25) is 0 Å². The number of carbonyl (C=O) groups is 1. The Morgan fingerprint density at radius 3 is 2.48 bits per heavy atom. The molecule has 0 aliphatic carbocycles. The normalized spacial score (nSPS) is 27.9. The molecule has 0 radical (unpaired) electrons. The predicted octanol–water partition coefficient (Wildman–Crippen LogP) is 1.25. The van der Waals surface area contributed by atoms with E-state index in [1.807, 2.05) is 12.1 Å². The molecule has 0 bridgehead atoms. The van der Waals surface area contributed by atoms with Crippen molar-refractivity contribution < 1.29 is 14.3 Å². The fourth-order valence-electron chi connectivity index (χ4n) is 2.93. The van der Waals surface area contributed by atoms with Gasteiger partial charge in [-0.25, -0.2) is 0 Å². The van der Waals surface area contributed by atoms with Crippen LogP contribution in [-0.2, 0) is 14.3 Å². The molecule has 3 rings (SSSR count). The minimum absolute atomic E-state index is 0.0343. The van der Waals surface area contributed by atoms with E-state index in [1.54, 1.807) is 14.2 Å². The van der Waals surface area contributed by atoms with Gasteiger partial charge in [0, 0.05) is 43.0 Å². The number of methoxy groups -OCH3 is 2. The van der Waals surface area contributed by atoms with Gasteiger partial charge in [0.15, 0.2) is 0 Å². The summed E-state index contributed by atoms with van der Waals surface area (Å²) in [4.78, 5) is 13.8. The van der Waals surface area contributed by atoms with Crippen LogP contribution < -0.4 is 16.0 Å². The summed E-state index contributed by atoms with van der Waals surface area (Å²) >= 11 is 3.57. The van der Waals surface area contributed by atoms with Crippen LogP contribution in [0, 0.1) is 0 Å². The Bertz CT molecular complexity index is 569. The molecule has 2 aliphatic heterocycles. The van der Waals surface area contributed by atoms with Gasteiger partial charge in [-0.15, -0.1) is 0 Å². The minimum Gasteiger partial charge on any atom is -0.377 e. The van der Waals surface area contributed by atoms with Gasteiger partial charge >= 0.3 is 0 Å². The second kappa shape index (κ2) is 5.57. The van der Waals surface area contributed by atoms with Gasteiger partial charge in [0.1, 0.15) is 18.2 Å².